The molecule has 0 radical (unpaired) electrons. The van der Waals surface area contributed by atoms with Crippen molar-refractivity contribution < 1.29 is 46.8 Å². The van der Waals surface area contributed by atoms with Crippen LogP contribution in [0.3, 0.4) is 0 Å². The van der Waals surface area contributed by atoms with E-state index in [4.69, 9.17) is 14.9 Å². The fourth-order valence-electron chi connectivity index (χ4n) is 2.27. The molecule has 0 saturated heterocycles. The number of carbonyl (C=O) groups excluding carboxylic acids is 2. The summed E-state index contributed by atoms with van der Waals surface area (Å²) >= 11 is 6.09. The van der Waals surface area contributed by atoms with Gasteiger partial charge in [0.2, 0.25) is 17.4 Å². The third-order valence-corrected chi connectivity index (χ3v) is 7.37. The van der Waals surface area contributed by atoms with Crippen molar-refractivity contribution in [3.8, 4) is 5.75 Å². The average Bonchev–Trinajstić information content (AvgIpc) is 2.69. The molecule has 0 heterocycles. The predicted molar refractivity (Wildman–Crippen MR) is 123 cm³/mol. The largest absolute Gasteiger partial charge is 0.462 e. The Kier molecular flexibility index (Phi) is 9.71. The monoisotopic (exact) mass is 780 g/mol. The van der Waals surface area contributed by atoms with Gasteiger partial charge in [-0.1, -0.05) is 0 Å². The molecule has 13 heteroatoms. The summed E-state index contributed by atoms with van der Waals surface area (Å²) in [6, 6.07) is 3.50. The number of ether oxygens (including phenoxy) is 2. The Morgan fingerprint density at radius 3 is 2.10 bits per heavy atom. The molecule has 0 amide bonds. The topological polar surface area (TPSA) is 93.1 Å². The standard InChI is InChI=1S/C18H11F4I3O6/c19-11-10(17(27)28)12(20)14(22)16(13(11)21)31-9(26)2-1-3-30-18(29)7-4-6(23)5-8(24)15(7)25/h4-5,17,27-28H,1-3H2. The van der Waals surface area contributed by atoms with E-state index in [1.165, 1.54) is 0 Å². The van der Waals surface area contributed by atoms with E-state index < -0.39 is 59.2 Å². The Morgan fingerprint density at radius 1 is 0.968 bits per heavy atom. The highest BCUT2D eigenvalue weighted by molar-refractivity contribution is 14.1. The van der Waals surface area contributed by atoms with Gasteiger partial charge in [-0.25, -0.2) is 13.6 Å². The Labute approximate surface area is 213 Å². The van der Waals surface area contributed by atoms with Crippen molar-refractivity contribution in [2.75, 3.05) is 6.61 Å². The summed E-state index contributed by atoms with van der Waals surface area (Å²) in [7, 11) is 0. The second-order valence-electron chi connectivity index (χ2n) is 5.84. The molecule has 0 unspecified atom stereocenters. The van der Waals surface area contributed by atoms with E-state index in [-0.39, 0.29) is 13.0 Å². The van der Waals surface area contributed by atoms with Gasteiger partial charge in [0.15, 0.2) is 17.9 Å². The number of aliphatic hydroxyl groups is 2. The van der Waals surface area contributed by atoms with Crippen LogP contribution in [0.5, 0.6) is 5.75 Å². The van der Waals surface area contributed by atoms with Crippen LogP contribution in [-0.4, -0.2) is 28.8 Å². The zero-order chi connectivity index (χ0) is 23.5. The summed E-state index contributed by atoms with van der Waals surface area (Å²) in [6.45, 7) is -0.227. The number of rotatable bonds is 7. The molecule has 0 aliphatic heterocycles. The normalized spacial score (nSPS) is 11.0. The minimum atomic E-state index is -2.82. The molecule has 2 aromatic carbocycles. The van der Waals surface area contributed by atoms with Crippen molar-refractivity contribution >= 4 is 79.7 Å². The second kappa shape index (κ2) is 11.4. The van der Waals surface area contributed by atoms with Crippen LogP contribution < -0.4 is 4.74 Å². The third kappa shape index (κ3) is 6.38. The van der Waals surface area contributed by atoms with E-state index in [9.17, 15) is 27.2 Å². The van der Waals surface area contributed by atoms with Crippen molar-refractivity contribution in [3.05, 3.63) is 57.2 Å². The quantitative estimate of drug-likeness (QED) is 0.0814. The van der Waals surface area contributed by atoms with Crippen LogP contribution >= 0.6 is 67.8 Å². The number of hydrogen-bond donors (Lipinski definition) is 2. The molecule has 0 fully saturated rings. The first-order valence-corrected chi connectivity index (χ1v) is 11.4. The number of hydrogen-bond acceptors (Lipinski definition) is 6. The van der Waals surface area contributed by atoms with Gasteiger partial charge in [-0.05, 0) is 86.3 Å². The highest BCUT2D eigenvalue weighted by atomic mass is 127. The molecule has 0 aromatic heterocycles. The molecule has 2 N–H and O–H groups in total. The van der Waals surface area contributed by atoms with Gasteiger partial charge < -0.3 is 19.7 Å². The third-order valence-electron chi connectivity index (χ3n) is 3.70. The van der Waals surface area contributed by atoms with Crippen LogP contribution in [0.4, 0.5) is 17.6 Å². The van der Waals surface area contributed by atoms with Gasteiger partial charge in [0.1, 0.15) is 0 Å². The lowest BCUT2D eigenvalue weighted by Crippen LogP contribution is -2.16. The van der Waals surface area contributed by atoms with E-state index >= 15 is 0 Å². The van der Waals surface area contributed by atoms with Crippen LogP contribution in [0.1, 0.15) is 35.1 Å². The average molecular weight is 780 g/mol. The van der Waals surface area contributed by atoms with Gasteiger partial charge in [-0.2, -0.15) is 8.78 Å². The molecule has 0 saturated carbocycles. The van der Waals surface area contributed by atoms with Crippen LogP contribution in [0.15, 0.2) is 12.1 Å². The SMILES string of the molecule is O=C(CCCOC(=O)c1cc(I)cc(I)c1I)Oc1c(F)c(F)c(C(O)O)c(F)c1F. The zero-order valence-corrected chi connectivity index (χ0v) is 21.5. The van der Waals surface area contributed by atoms with Crippen LogP contribution in [-0.2, 0) is 9.53 Å². The van der Waals surface area contributed by atoms with E-state index in [0.717, 1.165) is 7.14 Å². The zero-order valence-electron chi connectivity index (χ0n) is 15.0. The van der Waals surface area contributed by atoms with Crippen LogP contribution in [0.2, 0.25) is 0 Å². The Morgan fingerprint density at radius 2 is 1.55 bits per heavy atom. The van der Waals surface area contributed by atoms with Crippen molar-refractivity contribution in [2.24, 2.45) is 0 Å². The summed E-state index contributed by atoms with van der Waals surface area (Å²) in [5.74, 6) is -11.9. The highest BCUT2D eigenvalue weighted by Crippen LogP contribution is 2.32. The Hall–Kier alpha value is -0.790. The molecule has 2 aromatic rings. The van der Waals surface area contributed by atoms with Crippen molar-refractivity contribution in [2.45, 2.75) is 19.1 Å². The molecule has 0 aliphatic carbocycles. The molecular formula is C18H11F4I3O6. The number of benzene rings is 2. The molecule has 168 valence electrons. The molecule has 0 spiro atoms. The van der Waals surface area contributed by atoms with Gasteiger partial charge in [0.05, 0.1) is 17.7 Å². The molecule has 6 nitrogen and oxygen atoms in total. The molecule has 2 rings (SSSR count). The van der Waals surface area contributed by atoms with Gasteiger partial charge in [0.25, 0.3) is 0 Å². The summed E-state index contributed by atoms with van der Waals surface area (Å²) in [5, 5.41) is 17.6. The summed E-state index contributed by atoms with van der Waals surface area (Å²) in [6.07, 6.45) is -3.40. The molecular weight excluding hydrogens is 769 g/mol. The minimum Gasteiger partial charge on any atom is -0.462 e. The maximum atomic E-state index is 13.9. The maximum absolute atomic E-state index is 13.9. The number of esters is 2. The first kappa shape index (κ1) is 26.5. The molecule has 0 bridgehead atoms. The van der Waals surface area contributed by atoms with Crippen LogP contribution in [0, 0.1) is 34.0 Å². The van der Waals surface area contributed by atoms with E-state index in [2.05, 4.69) is 27.3 Å². The second-order valence-corrected chi connectivity index (χ2v) is 9.32. The fraction of sp³-hybridized carbons (Fsp3) is 0.222. The molecule has 0 atom stereocenters. The van der Waals surface area contributed by atoms with E-state index in [1.807, 2.05) is 51.2 Å². The summed E-state index contributed by atoms with van der Waals surface area (Å²) in [4.78, 5) is 24.0. The number of carbonyl (C=O) groups is 2. The Balaban J connectivity index is 1.97. The van der Waals surface area contributed by atoms with Gasteiger partial charge in [0, 0.05) is 17.1 Å². The maximum Gasteiger partial charge on any atom is 0.339 e. The lowest BCUT2D eigenvalue weighted by molar-refractivity contribution is -0.135. The lowest BCUT2D eigenvalue weighted by Gasteiger charge is -2.13. The van der Waals surface area contributed by atoms with E-state index in [0.29, 0.717) is 9.13 Å². The van der Waals surface area contributed by atoms with Gasteiger partial charge in [-0.15, -0.1) is 0 Å². The minimum absolute atomic E-state index is 0.0934. The predicted octanol–water partition coefficient (Wildman–Crippen LogP) is 4.58. The smallest absolute Gasteiger partial charge is 0.339 e. The van der Waals surface area contributed by atoms with Crippen molar-refractivity contribution in [3.63, 3.8) is 0 Å². The first-order chi connectivity index (χ1) is 14.5. The van der Waals surface area contributed by atoms with Crippen molar-refractivity contribution in [1.82, 2.24) is 0 Å². The van der Waals surface area contributed by atoms with Crippen LogP contribution in [0.25, 0.3) is 0 Å². The summed E-state index contributed by atoms with van der Waals surface area (Å²) in [5.41, 5.74) is -1.32. The molecule has 0 aliphatic rings. The highest BCUT2D eigenvalue weighted by Gasteiger charge is 2.30. The van der Waals surface area contributed by atoms with Gasteiger partial charge >= 0.3 is 11.9 Å². The van der Waals surface area contributed by atoms with E-state index in [1.54, 1.807) is 6.07 Å². The first-order valence-electron chi connectivity index (χ1n) is 8.20. The lowest BCUT2D eigenvalue weighted by atomic mass is 10.1. The molecule has 31 heavy (non-hydrogen) atoms. The summed E-state index contributed by atoms with van der Waals surface area (Å²) < 4.78 is 66.9. The van der Waals surface area contributed by atoms with Gasteiger partial charge in [-0.3, -0.25) is 4.79 Å². The number of halogens is 7. The fourth-order valence-corrected chi connectivity index (χ4v) is 4.65. The Bertz CT molecular complexity index is 1000. The number of aliphatic hydroxyl groups excluding tert-OH is 1. The van der Waals surface area contributed by atoms with Crippen molar-refractivity contribution in [1.29, 1.82) is 0 Å².